The molecular formula is C77H64O7. The first kappa shape index (κ1) is 51.0. The number of aliphatic hydroxyl groups excluding tert-OH is 1. The van der Waals surface area contributed by atoms with Crippen LogP contribution >= 0.6 is 0 Å². The molecule has 10 aromatic rings. The van der Waals surface area contributed by atoms with Crippen LogP contribution in [0.1, 0.15) is 103 Å². The zero-order valence-corrected chi connectivity index (χ0v) is 46.8. The first-order valence-electron chi connectivity index (χ1n) is 29.9. The summed E-state index contributed by atoms with van der Waals surface area (Å²) in [4.78, 5) is 0. The van der Waals surface area contributed by atoms with Gasteiger partial charge in [0, 0.05) is 22.7 Å². The third-order valence-electron chi connectivity index (χ3n) is 19.0. The molecule has 0 bridgehead atoms. The van der Waals surface area contributed by atoms with E-state index in [0.717, 1.165) is 50.4 Å². The Morgan fingerprint density at radius 1 is 0.381 bits per heavy atom. The molecular weight excluding hydrogens is 1040 g/mol. The number of hydrogen-bond donors (Lipinski definition) is 1. The van der Waals surface area contributed by atoms with Crippen LogP contribution in [0, 0.1) is 0 Å². The van der Waals surface area contributed by atoms with Crippen molar-refractivity contribution < 1.29 is 33.5 Å². The average Bonchev–Trinajstić information content (AvgIpc) is 2.58. The molecule has 0 radical (unpaired) electrons. The largest absolute Gasteiger partial charge is 0.491 e. The van der Waals surface area contributed by atoms with E-state index in [0.29, 0.717) is 24.7 Å². The molecule has 0 saturated carbocycles. The maximum atomic E-state index is 11.5. The van der Waals surface area contributed by atoms with Crippen molar-refractivity contribution in [1.29, 1.82) is 0 Å². The molecule has 0 amide bonds. The Morgan fingerprint density at radius 2 is 0.726 bits per heavy atom. The molecule has 2 saturated heterocycles. The Labute approximate surface area is 491 Å². The summed E-state index contributed by atoms with van der Waals surface area (Å²) in [5.41, 5.74) is 22.8. The highest BCUT2D eigenvalue weighted by atomic mass is 16.6. The molecule has 1 N–H and O–H groups in total. The molecule has 2 fully saturated rings. The van der Waals surface area contributed by atoms with E-state index in [9.17, 15) is 5.11 Å². The smallest absolute Gasteiger partial charge is 0.122 e. The molecule has 7 nitrogen and oxygen atoms in total. The lowest BCUT2D eigenvalue weighted by Gasteiger charge is -2.33. The number of fused-ring (bicyclic) bond motifs is 8. The van der Waals surface area contributed by atoms with E-state index in [1.165, 1.54) is 100 Å². The Kier molecular flexibility index (Phi) is 12.7. The summed E-state index contributed by atoms with van der Waals surface area (Å²) >= 11 is 0. The van der Waals surface area contributed by atoms with E-state index >= 15 is 0 Å². The Morgan fingerprint density at radius 3 is 1.10 bits per heavy atom. The van der Waals surface area contributed by atoms with Crippen LogP contribution in [0.4, 0.5) is 0 Å². The summed E-state index contributed by atoms with van der Waals surface area (Å²) in [6, 6.07) is 84.4. The molecule has 414 valence electrons. The van der Waals surface area contributed by atoms with Crippen LogP contribution in [-0.4, -0.2) is 63.1 Å². The lowest BCUT2D eigenvalue weighted by Crippen LogP contribution is -2.27. The Hall–Kier alpha value is -8.72. The minimum Gasteiger partial charge on any atom is -0.491 e. The summed E-state index contributed by atoms with van der Waals surface area (Å²) in [5, 5.41) is 11.5. The molecule has 2 aliphatic heterocycles. The highest BCUT2D eigenvalue weighted by molar-refractivity contribution is 5.81. The zero-order valence-electron chi connectivity index (χ0n) is 46.8. The predicted molar refractivity (Wildman–Crippen MR) is 328 cm³/mol. The number of aliphatic hydroxyl groups is 1. The molecule has 6 aliphatic rings. The second-order valence-corrected chi connectivity index (χ2v) is 23.9. The van der Waals surface area contributed by atoms with Crippen LogP contribution in [-0.2, 0) is 33.1 Å². The standard InChI is InChI=1S/C77H64O7/c78-59(43-79-60-27-19-55(20-28-60)76(57-23-31-62(32-24-57)81-45-64-47-83-64)41-72(49-11-3-1-4-12-49)70-39-68-53(37-74(70)76)35-51-15-7-9-17-66(51)68)44-80-61-29-21-56(22-30-61)77(58-25-33-63(34-26-58)82-46-65-48-84-65)42-73(50-13-5-2-6-14-50)71-40-69-54(38-75(71)77)36-52-16-8-10-18-67(52)69/h1-34,37-40,59,64-65,72-73,78H,35-36,41-48H2. The second-order valence-electron chi connectivity index (χ2n) is 23.9. The van der Waals surface area contributed by atoms with Crippen molar-refractivity contribution in [3.8, 4) is 45.3 Å². The van der Waals surface area contributed by atoms with Gasteiger partial charge in [-0.25, -0.2) is 0 Å². The number of benzene rings is 10. The number of rotatable bonds is 18. The quantitative estimate of drug-likeness (QED) is 0.0857. The fourth-order valence-electron chi connectivity index (χ4n) is 14.6. The molecule has 6 unspecified atom stereocenters. The molecule has 7 heteroatoms. The van der Waals surface area contributed by atoms with Gasteiger partial charge in [0.05, 0.1) is 13.2 Å². The van der Waals surface area contributed by atoms with Crippen LogP contribution in [0.2, 0.25) is 0 Å². The lowest BCUT2D eigenvalue weighted by molar-refractivity contribution is 0.0626. The Balaban J connectivity index is 0.667. The van der Waals surface area contributed by atoms with E-state index in [1.807, 2.05) is 0 Å². The van der Waals surface area contributed by atoms with E-state index in [-0.39, 0.29) is 37.3 Å². The van der Waals surface area contributed by atoms with Gasteiger partial charge in [0.25, 0.3) is 0 Å². The van der Waals surface area contributed by atoms with E-state index in [2.05, 4.69) is 231 Å². The van der Waals surface area contributed by atoms with E-state index in [4.69, 9.17) is 28.4 Å². The van der Waals surface area contributed by atoms with Gasteiger partial charge in [0.1, 0.15) is 67.7 Å². The molecule has 6 atom stereocenters. The topological polar surface area (TPSA) is 82.2 Å². The van der Waals surface area contributed by atoms with Crippen molar-refractivity contribution in [2.24, 2.45) is 0 Å². The highest BCUT2D eigenvalue weighted by Gasteiger charge is 2.50. The lowest BCUT2D eigenvalue weighted by atomic mass is 9.69. The molecule has 0 spiro atoms. The van der Waals surface area contributed by atoms with Gasteiger partial charge in [0.2, 0.25) is 0 Å². The molecule has 0 aromatic heterocycles. The van der Waals surface area contributed by atoms with Crippen molar-refractivity contribution in [2.75, 3.05) is 39.6 Å². The van der Waals surface area contributed by atoms with Crippen molar-refractivity contribution in [1.82, 2.24) is 0 Å². The van der Waals surface area contributed by atoms with Gasteiger partial charge in [-0.3, -0.25) is 0 Å². The summed E-state index contributed by atoms with van der Waals surface area (Å²) in [6.45, 7) is 2.77. The molecule has 84 heavy (non-hydrogen) atoms. The van der Waals surface area contributed by atoms with Gasteiger partial charge in [-0.1, -0.05) is 170 Å². The summed E-state index contributed by atoms with van der Waals surface area (Å²) < 4.78 is 36.0. The SMILES string of the molecule is OC(COc1ccc(C2(c3ccc(OCC4CO4)cc3)CC(c3ccccc3)c3cc4c(cc32)Cc2ccccc2-4)cc1)COc1ccc(C2(c3ccc(OCC4CO4)cc3)CC(c3ccccc3)c3cc4c(cc32)Cc2ccccc2-4)cc1. The zero-order chi connectivity index (χ0) is 55.8. The predicted octanol–water partition coefficient (Wildman–Crippen LogP) is 14.9. The molecule has 2 heterocycles. The average molecular weight is 1100 g/mol. The summed E-state index contributed by atoms with van der Waals surface area (Å²) in [5.74, 6) is 3.40. The van der Waals surface area contributed by atoms with Crippen molar-refractivity contribution in [3.63, 3.8) is 0 Å². The van der Waals surface area contributed by atoms with Crippen LogP contribution in [0.3, 0.4) is 0 Å². The molecule has 4 aliphatic carbocycles. The van der Waals surface area contributed by atoms with E-state index in [1.54, 1.807) is 0 Å². The van der Waals surface area contributed by atoms with Crippen LogP contribution in [0.25, 0.3) is 22.3 Å². The van der Waals surface area contributed by atoms with Crippen molar-refractivity contribution in [2.45, 2.75) is 66.7 Å². The third kappa shape index (κ3) is 9.09. The highest BCUT2D eigenvalue weighted by Crippen LogP contribution is 2.60. The minimum atomic E-state index is -0.874. The van der Waals surface area contributed by atoms with Gasteiger partial charge in [0.15, 0.2) is 0 Å². The van der Waals surface area contributed by atoms with Crippen molar-refractivity contribution in [3.05, 3.63) is 308 Å². The van der Waals surface area contributed by atoms with Gasteiger partial charge >= 0.3 is 0 Å². The number of hydrogen-bond acceptors (Lipinski definition) is 7. The maximum Gasteiger partial charge on any atom is 0.122 e. The molecule has 16 rings (SSSR count). The fourth-order valence-corrected chi connectivity index (χ4v) is 14.6. The van der Waals surface area contributed by atoms with Crippen LogP contribution < -0.4 is 18.9 Å². The van der Waals surface area contributed by atoms with Gasteiger partial charge < -0.3 is 33.5 Å². The second kappa shape index (κ2) is 20.9. The summed E-state index contributed by atoms with van der Waals surface area (Å²) in [7, 11) is 0. The van der Waals surface area contributed by atoms with Gasteiger partial charge in [-0.2, -0.15) is 0 Å². The fraction of sp³-hybridized carbons (Fsp3) is 0.221. The first-order chi connectivity index (χ1) is 41.4. The van der Waals surface area contributed by atoms with Crippen LogP contribution in [0.15, 0.2) is 231 Å². The number of epoxide rings is 2. The van der Waals surface area contributed by atoms with Gasteiger partial charge in [-0.15, -0.1) is 0 Å². The first-order valence-corrected chi connectivity index (χ1v) is 29.9. The number of ether oxygens (including phenoxy) is 6. The van der Waals surface area contributed by atoms with Crippen molar-refractivity contribution >= 4 is 0 Å². The maximum absolute atomic E-state index is 11.5. The molecule has 10 aromatic carbocycles. The summed E-state index contributed by atoms with van der Waals surface area (Å²) in [6.07, 6.45) is 3.04. The van der Waals surface area contributed by atoms with Crippen LogP contribution in [0.5, 0.6) is 23.0 Å². The monoisotopic (exact) mass is 1100 g/mol. The van der Waals surface area contributed by atoms with Gasteiger partial charge in [-0.05, 0) is 186 Å². The Bertz CT molecular complexity index is 3790. The minimum absolute atomic E-state index is 0.0733. The van der Waals surface area contributed by atoms with E-state index < -0.39 is 16.9 Å². The normalized spacial score (nSPS) is 22.0. The third-order valence-corrected chi connectivity index (χ3v) is 19.0.